The number of nitriles is 1. The van der Waals surface area contributed by atoms with E-state index < -0.39 is 0 Å². The van der Waals surface area contributed by atoms with Gasteiger partial charge in [0.2, 0.25) is 0 Å². The first-order valence-corrected chi connectivity index (χ1v) is 5.01. The maximum atomic E-state index is 12.8. The normalized spacial score (nSPS) is 9.75. The lowest BCUT2D eigenvalue weighted by molar-refractivity contribution is 0.628. The van der Waals surface area contributed by atoms with E-state index >= 15 is 0 Å². The molecule has 78 valence electrons. The molecule has 2 aromatic carbocycles. The smallest absolute Gasteiger partial charge is 0.123 e. The van der Waals surface area contributed by atoms with Crippen molar-refractivity contribution in [2.45, 2.75) is 6.42 Å². The first kappa shape index (κ1) is 10.4. The fraction of sp³-hybridized carbons (Fsp3) is 0.0714. The van der Waals surface area contributed by atoms with Crippen LogP contribution in [0.25, 0.3) is 11.1 Å². The SMILES string of the molecule is N#CCc1cccc(-c2ccc(F)cc2)c1. The summed E-state index contributed by atoms with van der Waals surface area (Å²) in [5, 5.41) is 8.62. The van der Waals surface area contributed by atoms with E-state index in [0.29, 0.717) is 6.42 Å². The minimum absolute atomic E-state index is 0.239. The maximum Gasteiger partial charge on any atom is 0.123 e. The van der Waals surface area contributed by atoms with Gasteiger partial charge in [-0.15, -0.1) is 0 Å². The van der Waals surface area contributed by atoms with Gasteiger partial charge in [0, 0.05) is 0 Å². The summed E-state index contributed by atoms with van der Waals surface area (Å²) in [6.45, 7) is 0. The van der Waals surface area contributed by atoms with E-state index in [4.69, 9.17) is 5.26 Å². The molecule has 0 aliphatic rings. The Balaban J connectivity index is 2.37. The molecule has 2 aromatic rings. The minimum atomic E-state index is -0.239. The third-order valence-corrected chi connectivity index (χ3v) is 2.39. The lowest BCUT2D eigenvalue weighted by Gasteiger charge is -2.03. The summed E-state index contributed by atoms with van der Waals surface area (Å²) in [6, 6.07) is 16.2. The summed E-state index contributed by atoms with van der Waals surface area (Å²) in [5.41, 5.74) is 2.94. The van der Waals surface area contributed by atoms with Gasteiger partial charge in [-0.2, -0.15) is 5.26 Å². The van der Waals surface area contributed by atoms with E-state index in [9.17, 15) is 4.39 Å². The molecule has 0 spiro atoms. The van der Waals surface area contributed by atoms with Gasteiger partial charge in [-0.1, -0.05) is 36.4 Å². The Bertz CT molecular complexity index is 523. The second-order valence-corrected chi connectivity index (χ2v) is 3.54. The molecule has 0 saturated heterocycles. The average Bonchev–Trinajstić information content (AvgIpc) is 2.31. The van der Waals surface area contributed by atoms with Crippen LogP contribution in [0.3, 0.4) is 0 Å². The molecule has 0 radical (unpaired) electrons. The summed E-state index contributed by atoms with van der Waals surface area (Å²) in [6.07, 6.45) is 0.398. The highest BCUT2D eigenvalue weighted by Gasteiger charge is 1.99. The molecule has 0 fully saturated rings. The molecular formula is C14H10FN. The maximum absolute atomic E-state index is 12.8. The van der Waals surface area contributed by atoms with Gasteiger partial charge in [-0.25, -0.2) is 4.39 Å². The summed E-state index contributed by atoms with van der Waals surface area (Å²) in [7, 11) is 0. The van der Waals surface area contributed by atoms with Crippen LogP contribution in [0, 0.1) is 17.1 Å². The third-order valence-electron chi connectivity index (χ3n) is 2.39. The molecule has 0 N–H and O–H groups in total. The Morgan fingerprint density at radius 3 is 2.44 bits per heavy atom. The Morgan fingerprint density at radius 2 is 1.75 bits per heavy atom. The number of hydrogen-bond donors (Lipinski definition) is 0. The molecule has 0 saturated carbocycles. The van der Waals surface area contributed by atoms with Gasteiger partial charge in [0.15, 0.2) is 0 Å². The number of benzene rings is 2. The van der Waals surface area contributed by atoms with Gasteiger partial charge in [0.1, 0.15) is 5.82 Å². The highest BCUT2D eigenvalue weighted by molar-refractivity contribution is 5.64. The predicted octanol–water partition coefficient (Wildman–Crippen LogP) is 3.56. The van der Waals surface area contributed by atoms with Crippen molar-refractivity contribution in [2.75, 3.05) is 0 Å². The Hall–Kier alpha value is -2.14. The molecule has 0 aliphatic heterocycles. The summed E-state index contributed by atoms with van der Waals surface area (Å²) < 4.78 is 12.8. The molecule has 0 atom stereocenters. The summed E-state index contributed by atoms with van der Waals surface area (Å²) >= 11 is 0. The van der Waals surface area contributed by atoms with Crippen molar-refractivity contribution in [3.05, 3.63) is 59.9 Å². The zero-order valence-electron chi connectivity index (χ0n) is 8.65. The standard InChI is InChI=1S/C14H10FN/c15-14-6-4-12(5-7-14)13-3-1-2-11(10-13)8-9-16/h1-7,10H,8H2. The molecule has 2 heteroatoms. The zero-order valence-corrected chi connectivity index (χ0v) is 8.65. The van der Waals surface area contributed by atoms with Crippen molar-refractivity contribution < 1.29 is 4.39 Å². The lowest BCUT2D eigenvalue weighted by atomic mass is 10.0. The van der Waals surface area contributed by atoms with Gasteiger partial charge in [-0.3, -0.25) is 0 Å². The van der Waals surface area contributed by atoms with Gasteiger partial charge < -0.3 is 0 Å². The fourth-order valence-corrected chi connectivity index (χ4v) is 1.59. The van der Waals surface area contributed by atoms with Crippen LogP contribution in [0.2, 0.25) is 0 Å². The summed E-state index contributed by atoms with van der Waals surface area (Å²) in [4.78, 5) is 0. The van der Waals surface area contributed by atoms with E-state index in [2.05, 4.69) is 6.07 Å². The Morgan fingerprint density at radius 1 is 1.00 bits per heavy atom. The molecule has 16 heavy (non-hydrogen) atoms. The quantitative estimate of drug-likeness (QED) is 0.745. The van der Waals surface area contributed by atoms with Crippen molar-refractivity contribution in [3.8, 4) is 17.2 Å². The van der Waals surface area contributed by atoms with Crippen LogP contribution in [-0.4, -0.2) is 0 Å². The van der Waals surface area contributed by atoms with E-state index in [1.807, 2.05) is 24.3 Å². The lowest BCUT2D eigenvalue weighted by Crippen LogP contribution is -1.84. The van der Waals surface area contributed by atoms with Crippen LogP contribution in [0.4, 0.5) is 4.39 Å². The molecular weight excluding hydrogens is 201 g/mol. The van der Waals surface area contributed by atoms with E-state index in [0.717, 1.165) is 16.7 Å². The molecule has 2 rings (SSSR count). The van der Waals surface area contributed by atoms with Crippen molar-refractivity contribution in [1.82, 2.24) is 0 Å². The fourth-order valence-electron chi connectivity index (χ4n) is 1.59. The predicted molar refractivity (Wildman–Crippen MR) is 61.2 cm³/mol. The van der Waals surface area contributed by atoms with E-state index in [1.54, 1.807) is 12.1 Å². The largest absolute Gasteiger partial charge is 0.207 e. The second-order valence-electron chi connectivity index (χ2n) is 3.54. The zero-order chi connectivity index (χ0) is 11.4. The molecule has 0 bridgehead atoms. The van der Waals surface area contributed by atoms with Crippen molar-refractivity contribution in [1.29, 1.82) is 5.26 Å². The molecule has 0 amide bonds. The number of hydrogen-bond acceptors (Lipinski definition) is 1. The van der Waals surface area contributed by atoms with Gasteiger partial charge in [-0.05, 0) is 28.8 Å². The van der Waals surface area contributed by atoms with Gasteiger partial charge in [0.05, 0.1) is 12.5 Å². The van der Waals surface area contributed by atoms with Crippen molar-refractivity contribution in [3.63, 3.8) is 0 Å². The molecule has 0 aromatic heterocycles. The molecule has 0 heterocycles. The average molecular weight is 211 g/mol. The Labute approximate surface area is 93.8 Å². The van der Waals surface area contributed by atoms with Gasteiger partial charge >= 0.3 is 0 Å². The van der Waals surface area contributed by atoms with E-state index in [1.165, 1.54) is 12.1 Å². The van der Waals surface area contributed by atoms with Crippen LogP contribution in [0.1, 0.15) is 5.56 Å². The first-order valence-electron chi connectivity index (χ1n) is 5.01. The molecule has 1 nitrogen and oxygen atoms in total. The highest BCUT2D eigenvalue weighted by Crippen LogP contribution is 2.20. The Kier molecular flexibility index (Phi) is 2.98. The van der Waals surface area contributed by atoms with Crippen LogP contribution in [0.5, 0.6) is 0 Å². The molecule has 0 unspecified atom stereocenters. The van der Waals surface area contributed by atoms with Crippen molar-refractivity contribution >= 4 is 0 Å². The third kappa shape index (κ3) is 2.26. The monoisotopic (exact) mass is 211 g/mol. The number of nitrogens with zero attached hydrogens (tertiary/aromatic N) is 1. The van der Waals surface area contributed by atoms with Gasteiger partial charge in [0.25, 0.3) is 0 Å². The van der Waals surface area contributed by atoms with Crippen LogP contribution >= 0.6 is 0 Å². The van der Waals surface area contributed by atoms with Crippen molar-refractivity contribution in [2.24, 2.45) is 0 Å². The topological polar surface area (TPSA) is 23.8 Å². The second kappa shape index (κ2) is 4.59. The van der Waals surface area contributed by atoms with E-state index in [-0.39, 0.29) is 5.82 Å². The summed E-state index contributed by atoms with van der Waals surface area (Å²) in [5.74, 6) is -0.239. The van der Waals surface area contributed by atoms with Crippen LogP contribution in [0.15, 0.2) is 48.5 Å². The van der Waals surface area contributed by atoms with Crippen LogP contribution in [-0.2, 0) is 6.42 Å². The first-order chi connectivity index (χ1) is 7.79. The number of halogens is 1. The minimum Gasteiger partial charge on any atom is -0.207 e. The van der Waals surface area contributed by atoms with Crippen LogP contribution < -0.4 is 0 Å². The number of rotatable bonds is 2. The highest BCUT2D eigenvalue weighted by atomic mass is 19.1. The molecule has 0 aliphatic carbocycles.